The lowest BCUT2D eigenvalue weighted by Gasteiger charge is -2.16. The van der Waals surface area contributed by atoms with Gasteiger partial charge in [0.2, 0.25) is 0 Å². The van der Waals surface area contributed by atoms with E-state index in [0.29, 0.717) is 25.1 Å². The Kier molecular flexibility index (Phi) is 9.92. The quantitative estimate of drug-likeness (QED) is 0.389. The molecule has 0 saturated heterocycles. The Bertz CT molecular complexity index is 205. The van der Waals surface area contributed by atoms with E-state index in [1.165, 1.54) is 0 Å². The zero-order valence-electron chi connectivity index (χ0n) is 12.0. The molecule has 0 aromatic rings. The number of guanidine groups is 1. The van der Waals surface area contributed by atoms with E-state index < -0.39 is 0 Å². The van der Waals surface area contributed by atoms with E-state index in [-0.39, 0.29) is 0 Å². The van der Waals surface area contributed by atoms with Gasteiger partial charge in [0.25, 0.3) is 0 Å². The highest BCUT2D eigenvalue weighted by molar-refractivity contribution is 5.79. The van der Waals surface area contributed by atoms with Crippen molar-refractivity contribution >= 4 is 5.96 Å². The molecular weight excluding hydrogens is 214 g/mol. The van der Waals surface area contributed by atoms with Crippen molar-refractivity contribution < 1.29 is 4.74 Å². The van der Waals surface area contributed by atoms with Crippen molar-refractivity contribution in [2.75, 3.05) is 26.3 Å². The molecule has 4 heteroatoms. The average Bonchev–Trinajstić information content (AvgIpc) is 2.28. The number of hydrogen-bond donors (Lipinski definition) is 2. The van der Waals surface area contributed by atoms with Crippen molar-refractivity contribution in [2.24, 2.45) is 10.9 Å². The Morgan fingerprint density at radius 2 is 1.94 bits per heavy atom. The van der Waals surface area contributed by atoms with Gasteiger partial charge < -0.3 is 15.4 Å². The minimum atomic E-state index is 0.449. The van der Waals surface area contributed by atoms with Crippen LogP contribution >= 0.6 is 0 Å². The summed E-state index contributed by atoms with van der Waals surface area (Å²) in [4.78, 5) is 4.47. The topological polar surface area (TPSA) is 45.7 Å². The third-order valence-corrected chi connectivity index (χ3v) is 2.30. The summed E-state index contributed by atoms with van der Waals surface area (Å²) in [6.45, 7) is 13.8. The standard InChI is InChI=1S/C13H29N3O/c1-6-12(5)16-13(14-7-2)15-8-9-17-10-11(3)4/h11-12H,6-10H2,1-5H3,(H2,14,15,16). The molecule has 1 unspecified atom stereocenters. The van der Waals surface area contributed by atoms with E-state index in [4.69, 9.17) is 4.74 Å². The van der Waals surface area contributed by atoms with Gasteiger partial charge in [-0.3, -0.25) is 4.99 Å². The summed E-state index contributed by atoms with van der Waals surface area (Å²) in [6.07, 6.45) is 1.09. The van der Waals surface area contributed by atoms with Gasteiger partial charge in [0, 0.05) is 19.2 Å². The minimum Gasteiger partial charge on any atom is -0.379 e. The molecule has 0 radical (unpaired) electrons. The Labute approximate surface area is 106 Å². The van der Waals surface area contributed by atoms with Crippen LogP contribution in [-0.4, -0.2) is 38.3 Å². The highest BCUT2D eigenvalue weighted by Crippen LogP contribution is 1.92. The second kappa shape index (κ2) is 10.4. The SMILES string of the molecule is CCNC(=NCCOCC(C)C)NC(C)CC. The molecule has 1 atom stereocenters. The first kappa shape index (κ1) is 16.2. The second-order valence-electron chi connectivity index (χ2n) is 4.68. The predicted octanol–water partition coefficient (Wildman–Crippen LogP) is 2.01. The summed E-state index contributed by atoms with van der Waals surface area (Å²) in [5.41, 5.74) is 0. The third kappa shape index (κ3) is 10.1. The fourth-order valence-electron chi connectivity index (χ4n) is 1.20. The smallest absolute Gasteiger partial charge is 0.191 e. The van der Waals surface area contributed by atoms with E-state index in [1.54, 1.807) is 0 Å². The Hall–Kier alpha value is -0.770. The van der Waals surface area contributed by atoms with E-state index in [1.807, 2.05) is 0 Å². The molecule has 17 heavy (non-hydrogen) atoms. The average molecular weight is 243 g/mol. The van der Waals surface area contributed by atoms with Gasteiger partial charge in [-0.15, -0.1) is 0 Å². The molecule has 0 spiro atoms. The van der Waals surface area contributed by atoms with Crippen LogP contribution in [0.1, 0.15) is 41.0 Å². The molecule has 0 amide bonds. The van der Waals surface area contributed by atoms with Gasteiger partial charge in [0.1, 0.15) is 0 Å². The Balaban J connectivity index is 3.86. The molecule has 0 aliphatic carbocycles. The molecule has 2 N–H and O–H groups in total. The van der Waals surface area contributed by atoms with Crippen LogP contribution in [0.15, 0.2) is 4.99 Å². The van der Waals surface area contributed by atoms with Crippen LogP contribution in [0.5, 0.6) is 0 Å². The molecule has 0 aliphatic heterocycles. The molecule has 102 valence electrons. The van der Waals surface area contributed by atoms with E-state index in [0.717, 1.165) is 25.5 Å². The summed E-state index contributed by atoms with van der Waals surface area (Å²) in [5.74, 6) is 1.47. The lowest BCUT2D eigenvalue weighted by Crippen LogP contribution is -2.42. The Morgan fingerprint density at radius 3 is 2.47 bits per heavy atom. The molecule has 4 nitrogen and oxygen atoms in total. The van der Waals surface area contributed by atoms with Crippen LogP contribution in [0.3, 0.4) is 0 Å². The van der Waals surface area contributed by atoms with Crippen molar-refractivity contribution in [2.45, 2.75) is 47.1 Å². The number of nitrogens with one attached hydrogen (secondary N) is 2. The normalized spacial score (nSPS) is 13.9. The van der Waals surface area contributed by atoms with Crippen LogP contribution < -0.4 is 10.6 Å². The molecule has 0 bridgehead atoms. The van der Waals surface area contributed by atoms with Crippen molar-refractivity contribution in [3.8, 4) is 0 Å². The number of ether oxygens (including phenoxy) is 1. The van der Waals surface area contributed by atoms with Crippen LogP contribution in [0.25, 0.3) is 0 Å². The molecule has 0 aromatic carbocycles. The number of aliphatic imine (C=N–C) groups is 1. The molecule has 0 saturated carbocycles. The molecule has 0 heterocycles. The first-order valence-electron chi connectivity index (χ1n) is 6.72. The summed E-state index contributed by atoms with van der Waals surface area (Å²) >= 11 is 0. The summed E-state index contributed by atoms with van der Waals surface area (Å²) in [5, 5.41) is 6.58. The number of hydrogen-bond acceptors (Lipinski definition) is 2. The zero-order valence-corrected chi connectivity index (χ0v) is 12.0. The predicted molar refractivity (Wildman–Crippen MR) is 74.5 cm³/mol. The van der Waals surface area contributed by atoms with Crippen LogP contribution in [0, 0.1) is 5.92 Å². The lowest BCUT2D eigenvalue weighted by molar-refractivity contribution is 0.117. The summed E-state index contributed by atoms with van der Waals surface area (Å²) in [7, 11) is 0. The minimum absolute atomic E-state index is 0.449. The monoisotopic (exact) mass is 243 g/mol. The van der Waals surface area contributed by atoms with Gasteiger partial charge >= 0.3 is 0 Å². The highest BCUT2D eigenvalue weighted by Gasteiger charge is 2.01. The number of rotatable bonds is 8. The van der Waals surface area contributed by atoms with Gasteiger partial charge in [-0.25, -0.2) is 0 Å². The van der Waals surface area contributed by atoms with E-state index in [2.05, 4.69) is 50.2 Å². The van der Waals surface area contributed by atoms with Gasteiger partial charge in [0.05, 0.1) is 13.2 Å². The van der Waals surface area contributed by atoms with Gasteiger partial charge in [0.15, 0.2) is 5.96 Å². The van der Waals surface area contributed by atoms with Crippen molar-refractivity contribution in [1.82, 2.24) is 10.6 Å². The number of nitrogens with zero attached hydrogens (tertiary/aromatic N) is 1. The summed E-state index contributed by atoms with van der Waals surface area (Å²) < 4.78 is 5.49. The third-order valence-electron chi connectivity index (χ3n) is 2.30. The molecule has 0 aliphatic rings. The highest BCUT2D eigenvalue weighted by atomic mass is 16.5. The molecule has 0 aromatic heterocycles. The Morgan fingerprint density at radius 1 is 1.24 bits per heavy atom. The fraction of sp³-hybridized carbons (Fsp3) is 0.923. The molecule has 0 rings (SSSR count). The van der Waals surface area contributed by atoms with Crippen LogP contribution in [-0.2, 0) is 4.74 Å². The van der Waals surface area contributed by atoms with Crippen molar-refractivity contribution in [3.05, 3.63) is 0 Å². The fourth-order valence-corrected chi connectivity index (χ4v) is 1.20. The van der Waals surface area contributed by atoms with Crippen molar-refractivity contribution in [1.29, 1.82) is 0 Å². The summed E-state index contributed by atoms with van der Waals surface area (Å²) in [6, 6.07) is 0.449. The first-order chi connectivity index (χ1) is 8.10. The molecule has 0 fully saturated rings. The lowest BCUT2D eigenvalue weighted by atomic mass is 10.2. The maximum absolute atomic E-state index is 5.49. The maximum atomic E-state index is 5.49. The van der Waals surface area contributed by atoms with Gasteiger partial charge in [-0.2, -0.15) is 0 Å². The maximum Gasteiger partial charge on any atom is 0.191 e. The van der Waals surface area contributed by atoms with Crippen molar-refractivity contribution in [3.63, 3.8) is 0 Å². The largest absolute Gasteiger partial charge is 0.379 e. The van der Waals surface area contributed by atoms with Crippen LogP contribution in [0.2, 0.25) is 0 Å². The zero-order chi connectivity index (χ0) is 13.1. The van der Waals surface area contributed by atoms with Crippen LogP contribution in [0.4, 0.5) is 0 Å². The van der Waals surface area contributed by atoms with E-state index in [9.17, 15) is 0 Å². The first-order valence-corrected chi connectivity index (χ1v) is 6.72. The van der Waals surface area contributed by atoms with Gasteiger partial charge in [-0.1, -0.05) is 20.8 Å². The van der Waals surface area contributed by atoms with E-state index >= 15 is 0 Å². The van der Waals surface area contributed by atoms with Gasteiger partial charge in [-0.05, 0) is 26.2 Å². The molecular formula is C13H29N3O. The second-order valence-corrected chi connectivity index (χ2v) is 4.68.